The first-order chi connectivity index (χ1) is 15.2. The minimum Gasteiger partial charge on any atom is -0.241 e. The molecule has 3 fully saturated rings. The summed E-state index contributed by atoms with van der Waals surface area (Å²) in [6, 6.07) is 4.30. The number of pyridine rings is 1. The van der Waals surface area contributed by atoms with Gasteiger partial charge in [-0.2, -0.15) is 0 Å². The Morgan fingerprint density at radius 1 is 0.969 bits per heavy atom. The SMILES string of the molecule is CC(C)CCC[C@@H](C)[C@H]1CC[C@H]2[C@@H]3CC[C@H]4Cc5nc(Cl)ccc5C[C@]4(C)[C@H]3CC[C@]12C. The summed E-state index contributed by atoms with van der Waals surface area (Å²) in [5.74, 6) is 6.38. The Morgan fingerprint density at radius 2 is 1.75 bits per heavy atom. The third-order valence-corrected chi connectivity index (χ3v) is 11.5. The van der Waals surface area contributed by atoms with Crippen LogP contribution in [0.3, 0.4) is 0 Å². The lowest BCUT2D eigenvalue weighted by atomic mass is 9.44. The van der Waals surface area contributed by atoms with Crippen LogP contribution in [0.15, 0.2) is 12.1 Å². The molecule has 32 heavy (non-hydrogen) atoms. The first kappa shape index (κ1) is 23.2. The van der Waals surface area contributed by atoms with Crippen LogP contribution in [0, 0.1) is 52.3 Å². The predicted molar refractivity (Wildman–Crippen MR) is 136 cm³/mol. The van der Waals surface area contributed by atoms with Crippen LogP contribution in [0.4, 0.5) is 0 Å². The number of hydrogen-bond donors (Lipinski definition) is 0. The third kappa shape index (κ3) is 3.77. The van der Waals surface area contributed by atoms with Crippen molar-refractivity contribution in [1.82, 2.24) is 4.98 Å². The van der Waals surface area contributed by atoms with Crippen LogP contribution in [0.1, 0.15) is 104 Å². The smallest absolute Gasteiger partial charge is 0.129 e. The largest absolute Gasteiger partial charge is 0.241 e. The van der Waals surface area contributed by atoms with Crippen molar-refractivity contribution in [2.24, 2.45) is 52.3 Å². The van der Waals surface area contributed by atoms with E-state index in [9.17, 15) is 0 Å². The molecule has 0 radical (unpaired) electrons. The molecule has 1 aromatic heterocycles. The summed E-state index contributed by atoms with van der Waals surface area (Å²) in [6.45, 7) is 12.7. The molecule has 2 heteroatoms. The van der Waals surface area contributed by atoms with Crippen molar-refractivity contribution >= 4 is 11.6 Å². The highest BCUT2D eigenvalue weighted by molar-refractivity contribution is 6.29. The fourth-order valence-corrected chi connectivity index (χ4v) is 9.82. The van der Waals surface area contributed by atoms with E-state index in [1.807, 2.05) is 6.07 Å². The maximum absolute atomic E-state index is 6.25. The number of hydrogen-bond acceptors (Lipinski definition) is 1. The standard InChI is InChI=1S/C30H46ClN/c1-19(2)7-6-8-20(3)24-12-13-25-23-11-10-22-17-27-21(9-14-28(31)32-27)18-30(22,5)26(23)15-16-29(24,25)4/h9,14,19-20,22-26H,6-8,10-13,15-18H2,1-5H3/t20-,22+,23+,24-,25+,26+,29-,30+/m1/s1. The van der Waals surface area contributed by atoms with Gasteiger partial charge in [0.25, 0.3) is 0 Å². The van der Waals surface area contributed by atoms with Crippen LogP contribution in [0.25, 0.3) is 0 Å². The summed E-state index contributed by atoms with van der Waals surface area (Å²) in [5.41, 5.74) is 3.86. The molecule has 1 nitrogen and oxygen atoms in total. The second kappa shape index (κ2) is 8.58. The topological polar surface area (TPSA) is 12.9 Å². The van der Waals surface area contributed by atoms with Gasteiger partial charge in [-0.25, -0.2) is 4.98 Å². The van der Waals surface area contributed by atoms with Crippen LogP contribution in [-0.2, 0) is 12.8 Å². The highest BCUT2D eigenvalue weighted by Crippen LogP contribution is 2.67. The van der Waals surface area contributed by atoms with E-state index in [1.165, 1.54) is 75.5 Å². The normalized spacial score (nSPS) is 41.5. The summed E-state index contributed by atoms with van der Waals surface area (Å²) >= 11 is 6.25. The van der Waals surface area contributed by atoms with E-state index in [4.69, 9.17) is 16.6 Å². The monoisotopic (exact) mass is 455 g/mol. The van der Waals surface area contributed by atoms with Crippen LogP contribution < -0.4 is 0 Å². The molecule has 4 aliphatic rings. The lowest BCUT2D eigenvalue weighted by Crippen LogP contribution is -2.54. The molecule has 4 aliphatic carbocycles. The Labute approximate surface area is 202 Å². The quantitative estimate of drug-likeness (QED) is 0.404. The fraction of sp³-hybridized carbons (Fsp3) is 0.833. The molecule has 0 aromatic carbocycles. The zero-order valence-corrected chi connectivity index (χ0v) is 22.1. The Bertz CT molecular complexity index is 832. The van der Waals surface area contributed by atoms with E-state index >= 15 is 0 Å². The first-order valence-corrected chi connectivity index (χ1v) is 14.2. The second-order valence-electron chi connectivity index (χ2n) is 13.3. The lowest BCUT2D eigenvalue weighted by Gasteiger charge is -2.60. The average Bonchev–Trinajstić information content (AvgIpc) is 3.09. The van der Waals surface area contributed by atoms with Gasteiger partial charge in [-0.1, -0.05) is 71.5 Å². The number of halogens is 1. The van der Waals surface area contributed by atoms with Gasteiger partial charge in [-0.3, -0.25) is 0 Å². The van der Waals surface area contributed by atoms with Crippen LogP contribution in [0.5, 0.6) is 0 Å². The lowest BCUT2D eigenvalue weighted by molar-refractivity contribution is -0.103. The van der Waals surface area contributed by atoms with Crippen molar-refractivity contribution in [3.63, 3.8) is 0 Å². The van der Waals surface area contributed by atoms with Crippen molar-refractivity contribution in [1.29, 1.82) is 0 Å². The van der Waals surface area contributed by atoms with E-state index in [-0.39, 0.29) is 0 Å². The van der Waals surface area contributed by atoms with Gasteiger partial charge in [0.15, 0.2) is 0 Å². The maximum atomic E-state index is 6.25. The Balaban J connectivity index is 1.34. The van der Waals surface area contributed by atoms with Gasteiger partial charge < -0.3 is 0 Å². The molecule has 1 aromatic rings. The first-order valence-electron chi connectivity index (χ1n) is 13.9. The average molecular weight is 456 g/mol. The minimum absolute atomic E-state index is 0.466. The molecule has 0 aliphatic heterocycles. The van der Waals surface area contributed by atoms with Crippen molar-refractivity contribution < 1.29 is 0 Å². The zero-order chi connectivity index (χ0) is 22.7. The molecule has 178 valence electrons. The van der Waals surface area contributed by atoms with Crippen LogP contribution in [0.2, 0.25) is 5.15 Å². The molecule has 0 saturated heterocycles. The summed E-state index contributed by atoms with van der Waals surface area (Å²) < 4.78 is 0. The van der Waals surface area contributed by atoms with E-state index in [2.05, 4.69) is 40.7 Å². The van der Waals surface area contributed by atoms with Crippen molar-refractivity contribution in [3.8, 4) is 0 Å². The van der Waals surface area contributed by atoms with Gasteiger partial charge in [0.2, 0.25) is 0 Å². The molecule has 0 spiro atoms. The fourth-order valence-electron chi connectivity index (χ4n) is 9.66. The van der Waals surface area contributed by atoms with Gasteiger partial charge in [0, 0.05) is 5.69 Å². The molecule has 3 saturated carbocycles. The van der Waals surface area contributed by atoms with E-state index in [1.54, 1.807) is 0 Å². The van der Waals surface area contributed by atoms with Crippen LogP contribution in [-0.4, -0.2) is 4.98 Å². The van der Waals surface area contributed by atoms with Crippen LogP contribution >= 0.6 is 11.6 Å². The number of aromatic nitrogens is 1. The molecular weight excluding hydrogens is 410 g/mol. The van der Waals surface area contributed by atoms with Gasteiger partial charge in [0.05, 0.1) is 0 Å². The highest BCUT2D eigenvalue weighted by atomic mass is 35.5. The zero-order valence-electron chi connectivity index (χ0n) is 21.3. The third-order valence-electron chi connectivity index (χ3n) is 11.3. The van der Waals surface area contributed by atoms with Gasteiger partial charge in [-0.05, 0) is 115 Å². The summed E-state index contributed by atoms with van der Waals surface area (Å²) in [5, 5.41) is 0.675. The maximum Gasteiger partial charge on any atom is 0.129 e. The molecule has 0 N–H and O–H groups in total. The summed E-state index contributed by atoms with van der Waals surface area (Å²) in [6.07, 6.45) is 15.5. The second-order valence-corrected chi connectivity index (χ2v) is 13.7. The highest BCUT2D eigenvalue weighted by Gasteiger charge is 2.60. The molecule has 5 rings (SSSR count). The van der Waals surface area contributed by atoms with Crippen molar-refractivity contribution in [2.45, 2.75) is 105 Å². The summed E-state index contributed by atoms with van der Waals surface area (Å²) in [4.78, 5) is 4.73. The van der Waals surface area contributed by atoms with Crippen molar-refractivity contribution in [2.75, 3.05) is 0 Å². The van der Waals surface area contributed by atoms with E-state index in [0.717, 1.165) is 47.8 Å². The Morgan fingerprint density at radius 3 is 2.53 bits per heavy atom. The molecular formula is C30H46ClN. The van der Waals surface area contributed by atoms with E-state index in [0.29, 0.717) is 16.0 Å². The van der Waals surface area contributed by atoms with Gasteiger partial charge >= 0.3 is 0 Å². The molecule has 8 atom stereocenters. The Kier molecular flexibility index (Phi) is 6.22. The summed E-state index contributed by atoms with van der Waals surface area (Å²) in [7, 11) is 0. The van der Waals surface area contributed by atoms with Gasteiger partial charge in [0.1, 0.15) is 5.15 Å². The molecule has 1 heterocycles. The molecule has 0 bridgehead atoms. The molecule has 0 unspecified atom stereocenters. The van der Waals surface area contributed by atoms with Gasteiger partial charge in [-0.15, -0.1) is 0 Å². The number of fused-ring (bicyclic) bond motifs is 6. The molecule has 0 amide bonds. The van der Waals surface area contributed by atoms with Crippen molar-refractivity contribution in [3.05, 3.63) is 28.5 Å². The van der Waals surface area contributed by atoms with E-state index < -0.39 is 0 Å². The number of nitrogens with zero attached hydrogens (tertiary/aromatic N) is 1. The predicted octanol–water partition coefficient (Wildman–Crippen LogP) is 8.77. The Hall–Kier alpha value is -0.560. The number of rotatable bonds is 5. The minimum atomic E-state index is 0.466.